The van der Waals surface area contributed by atoms with Gasteiger partial charge in [-0.1, -0.05) is 66.3 Å². The Hall–Kier alpha value is -3.26. The molecule has 13 heteroatoms. The van der Waals surface area contributed by atoms with Crippen molar-refractivity contribution in [1.29, 1.82) is 0 Å². The molecule has 0 amide bonds. The van der Waals surface area contributed by atoms with Gasteiger partial charge in [0, 0.05) is 36.2 Å². The van der Waals surface area contributed by atoms with Crippen molar-refractivity contribution in [2.75, 3.05) is 23.0 Å². The van der Waals surface area contributed by atoms with Gasteiger partial charge in [0.25, 0.3) is 25.2 Å². The van der Waals surface area contributed by atoms with Gasteiger partial charge < -0.3 is 9.64 Å². The first-order valence-corrected chi connectivity index (χ1v) is 18.4. The number of nitrogens with zero attached hydrogens (tertiary/aromatic N) is 2. The van der Waals surface area contributed by atoms with Crippen molar-refractivity contribution in [3.05, 3.63) is 94.3 Å². The predicted octanol–water partition coefficient (Wildman–Crippen LogP) is 6.60. The molecule has 1 aliphatic heterocycles. The Bertz CT molecular complexity index is 1950. The van der Waals surface area contributed by atoms with Crippen molar-refractivity contribution >= 4 is 65.2 Å². The maximum absolute atomic E-state index is 11.7. The van der Waals surface area contributed by atoms with Crippen molar-refractivity contribution < 1.29 is 35.2 Å². The van der Waals surface area contributed by atoms with Gasteiger partial charge in [0.05, 0.1) is 17.2 Å². The van der Waals surface area contributed by atoms with Crippen LogP contribution in [0.3, 0.4) is 0 Å². The molecule has 1 aliphatic rings. The van der Waals surface area contributed by atoms with Crippen molar-refractivity contribution in [3.63, 3.8) is 0 Å². The Morgan fingerprint density at radius 1 is 0.955 bits per heavy atom. The maximum Gasteiger partial charge on any atom is 0.266 e. The number of rotatable bonds is 12. The minimum absolute atomic E-state index is 0.0118. The average Bonchev–Trinajstić information content (AvgIpc) is 3.49. The normalized spacial score (nSPS) is 14.8. The fourth-order valence-electron chi connectivity index (χ4n) is 4.99. The van der Waals surface area contributed by atoms with E-state index in [9.17, 15) is 21.4 Å². The van der Waals surface area contributed by atoms with E-state index in [1.165, 1.54) is 0 Å². The number of allylic oxidation sites excluding steroid dienone is 2. The third-order valence-electron chi connectivity index (χ3n) is 7.16. The smallest absolute Gasteiger partial charge is 0.266 e. The molecule has 44 heavy (non-hydrogen) atoms. The minimum Gasteiger partial charge on any atom is -0.439 e. The second-order valence-corrected chi connectivity index (χ2v) is 15.0. The standard InChI is InChI=1S/C31H31ClN2O7S3/c1-2-22(19-31-34(14-6-7-16-43(35,36)37)27-21-25(32)11-13-29(27)42-31)18-30-33(15-17-44(38,39)40)26-20-24(10-12-28(26)41-30)23-8-4-3-5-9-23/h3-5,8-13,18-21H,2,6-7,14-17H2,1H3,(H-,35,36,37,38,39,40)/p+1. The van der Waals surface area contributed by atoms with Gasteiger partial charge in [0.1, 0.15) is 4.70 Å². The first-order chi connectivity index (χ1) is 20.9. The molecule has 0 saturated heterocycles. The van der Waals surface area contributed by atoms with Crippen LogP contribution < -0.4 is 14.2 Å². The molecule has 9 nitrogen and oxygen atoms in total. The number of halogens is 1. The number of thiazole rings is 1. The van der Waals surface area contributed by atoms with Crippen LogP contribution >= 0.6 is 22.9 Å². The molecular formula is C31H32ClN2O7S3+. The number of anilines is 1. The molecule has 0 atom stereocenters. The van der Waals surface area contributed by atoms with Crippen LogP contribution in [0.15, 0.2) is 84.3 Å². The van der Waals surface area contributed by atoms with E-state index in [4.69, 9.17) is 20.9 Å². The van der Waals surface area contributed by atoms with Crippen LogP contribution in [0.5, 0.6) is 5.75 Å². The van der Waals surface area contributed by atoms with Crippen LogP contribution in [0.1, 0.15) is 31.2 Å². The highest BCUT2D eigenvalue weighted by Crippen LogP contribution is 2.42. The molecular weight excluding hydrogens is 644 g/mol. The van der Waals surface area contributed by atoms with E-state index in [-0.39, 0.29) is 12.3 Å². The topological polar surface area (TPSA) is 125 Å². The summed E-state index contributed by atoms with van der Waals surface area (Å²) in [5.41, 5.74) is 4.45. The van der Waals surface area contributed by atoms with Crippen LogP contribution in [0.4, 0.5) is 5.69 Å². The van der Waals surface area contributed by atoms with E-state index in [1.807, 2.05) is 85.8 Å². The van der Waals surface area contributed by atoms with Gasteiger partial charge in [0.2, 0.25) is 11.4 Å². The molecule has 0 saturated carbocycles. The third-order valence-corrected chi connectivity index (χ3v) is 10.0. The lowest BCUT2D eigenvalue weighted by molar-refractivity contribution is -0.669. The molecule has 232 valence electrons. The number of fused-ring (bicyclic) bond motifs is 2. The van der Waals surface area contributed by atoms with E-state index in [2.05, 4.69) is 4.57 Å². The number of benzene rings is 3. The van der Waals surface area contributed by atoms with Gasteiger partial charge in [0.15, 0.2) is 12.3 Å². The highest BCUT2D eigenvalue weighted by molar-refractivity contribution is 7.86. The highest BCUT2D eigenvalue weighted by Gasteiger charge is 2.28. The van der Waals surface area contributed by atoms with Crippen molar-refractivity contribution in [1.82, 2.24) is 0 Å². The zero-order valence-corrected chi connectivity index (χ0v) is 27.1. The molecule has 0 radical (unpaired) electrons. The summed E-state index contributed by atoms with van der Waals surface area (Å²) in [4.78, 5) is 1.76. The molecule has 5 rings (SSSR count). The molecule has 2 heterocycles. The van der Waals surface area contributed by atoms with Gasteiger partial charge in [-0.05, 0) is 53.8 Å². The summed E-state index contributed by atoms with van der Waals surface area (Å²) in [5, 5.41) is 1.49. The third kappa shape index (κ3) is 8.06. The molecule has 0 bridgehead atoms. The Balaban J connectivity index is 1.51. The van der Waals surface area contributed by atoms with Crippen LogP contribution in [0, 0.1) is 0 Å². The first-order valence-electron chi connectivity index (χ1n) is 14.0. The van der Waals surface area contributed by atoms with Gasteiger partial charge in [-0.2, -0.15) is 21.4 Å². The summed E-state index contributed by atoms with van der Waals surface area (Å²) < 4.78 is 73.9. The number of ether oxygens (including phenoxy) is 1. The minimum atomic E-state index is -4.23. The largest absolute Gasteiger partial charge is 0.439 e. The molecule has 1 aromatic heterocycles. The maximum atomic E-state index is 11.7. The lowest BCUT2D eigenvalue weighted by atomic mass is 10.0. The van der Waals surface area contributed by atoms with E-state index in [0.29, 0.717) is 48.1 Å². The highest BCUT2D eigenvalue weighted by atomic mass is 35.5. The summed E-state index contributed by atoms with van der Waals surface area (Å²) >= 11 is 7.87. The Kier molecular flexibility index (Phi) is 9.78. The van der Waals surface area contributed by atoms with Gasteiger partial charge in [-0.15, -0.1) is 0 Å². The van der Waals surface area contributed by atoms with Crippen LogP contribution in [-0.4, -0.2) is 44.0 Å². The molecule has 4 aromatic rings. The summed E-state index contributed by atoms with van der Waals surface area (Å²) in [6.07, 6.45) is 5.35. The number of aryl methyl sites for hydroxylation is 1. The van der Waals surface area contributed by atoms with Crippen molar-refractivity contribution in [3.8, 4) is 16.9 Å². The van der Waals surface area contributed by atoms with Crippen LogP contribution in [-0.2, 0) is 26.8 Å². The number of aromatic nitrogens is 1. The van der Waals surface area contributed by atoms with E-state index in [0.717, 1.165) is 31.9 Å². The Morgan fingerprint density at radius 3 is 2.41 bits per heavy atom. The zero-order chi connectivity index (χ0) is 31.5. The van der Waals surface area contributed by atoms with Gasteiger partial charge >= 0.3 is 0 Å². The Morgan fingerprint density at radius 2 is 1.70 bits per heavy atom. The summed E-state index contributed by atoms with van der Waals surface area (Å²) in [5.74, 6) is 0.226. The van der Waals surface area contributed by atoms with Gasteiger partial charge in [-0.3, -0.25) is 9.11 Å². The average molecular weight is 676 g/mol. The molecule has 3 aromatic carbocycles. The molecule has 2 N–H and O–H groups in total. The SMILES string of the molecule is CCC(/C=C1\Oc2ccc(-c3ccccc3)cc2N1CCS(=O)(=O)O)=C\c1sc2ccc(Cl)cc2[n+]1CCCCS(=O)(=O)O. The molecule has 0 spiro atoms. The lowest BCUT2D eigenvalue weighted by Crippen LogP contribution is -2.35. The number of unbranched alkanes of at least 4 members (excludes halogenated alkanes) is 1. The predicted molar refractivity (Wildman–Crippen MR) is 175 cm³/mol. The molecule has 0 aliphatic carbocycles. The summed E-state index contributed by atoms with van der Waals surface area (Å²) in [7, 11) is -8.27. The number of hydrogen-bond donors (Lipinski definition) is 2. The first kappa shape index (κ1) is 32.1. The van der Waals surface area contributed by atoms with Crippen molar-refractivity contribution in [2.24, 2.45) is 0 Å². The Labute approximate surface area is 266 Å². The van der Waals surface area contributed by atoms with E-state index >= 15 is 0 Å². The van der Waals surface area contributed by atoms with Crippen LogP contribution in [0.25, 0.3) is 27.4 Å². The monoisotopic (exact) mass is 675 g/mol. The second kappa shape index (κ2) is 13.4. The second-order valence-electron chi connectivity index (χ2n) is 10.3. The summed E-state index contributed by atoms with van der Waals surface area (Å²) in [6, 6.07) is 21.2. The zero-order valence-electron chi connectivity index (χ0n) is 23.9. The summed E-state index contributed by atoms with van der Waals surface area (Å²) in [6.45, 7) is 2.50. The van der Waals surface area contributed by atoms with Gasteiger partial charge in [-0.25, -0.2) is 0 Å². The quantitative estimate of drug-likeness (QED) is 0.0978. The van der Waals surface area contributed by atoms with Crippen molar-refractivity contribution in [2.45, 2.75) is 32.7 Å². The van der Waals surface area contributed by atoms with E-state index in [1.54, 1.807) is 16.2 Å². The lowest BCUT2D eigenvalue weighted by Gasteiger charge is -2.18. The molecule has 0 fully saturated rings. The number of hydrogen-bond acceptors (Lipinski definition) is 7. The van der Waals surface area contributed by atoms with E-state index < -0.39 is 26.0 Å². The fraction of sp³-hybridized carbons (Fsp3) is 0.258. The fourth-order valence-corrected chi connectivity index (χ4v) is 7.28. The van der Waals surface area contributed by atoms with Crippen LogP contribution in [0.2, 0.25) is 5.02 Å². The molecule has 0 unspecified atom stereocenters.